The molecule has 1 fully saturated rings. The summed E-state index contributed by atoms with van der Waals surface area (Å²) in [7, 11) is 0. The highest BCUT2D eigenvalue weighted by atomic mass is 16.1. The topological polar surface area (TPSA) is 71.8 Å². The first-order chi connectivity index (χ1) is 8.77. The van der Waals surface area contributed by atoms with Gasteiger partial charge in [-0.3, -0.25) is 9.48 Å². The molecule has 6 nitrogen and oxygen atoms in total. The summed E-state index contributed by atoms with van der Waals surface area (Å²) in [5.74, 6) is 0.290. The molecule has 18 heavy (non-hydrogen) atoms. The van der Waals surface area contributed by atoms with Crippen LogP contribution in [-0.4, -0.2) is 40.0 Å². The van der Waals surface area contributed by atoms with Gasteiger partial charge < -0.3 is 10.6 Å². The van der Waals surface area contributed by atoms with Crippen molar-refractivity contribution < 1.29 is 4.79 Å². The lowest BCUT2D eigenvalue weighted by molar-refractivity contribution is -0.126. The average molecular weight is 251 g/mol. The van der Waals surface area contributed by atoms with Gasteiger partial charge in [-0.2, -0.15) is 0 Å². The Balaban J connectivity index is 1.65. The van der Waals surface area contributed by atoms with Crippen LogP contribution in [0.1, 0.15) is 26.2 Å². The molecule has 0 aliphatic carbocycles. The van der Waals surface area contributed by atoms with Gasteiger partial charge in [-0.25, -0.2) is 0 Å². The van der Waals surface area contributed by atoms with E-state index in [1.165, 1.54) is 0 Å². The molecule has 2 atom stereocenters. The molecule has 1 saturated heterocycles. The zero-order valence-electron chi connectivity index (χ0n) is 10.8. The molecule has 1 aromatic rings. The fourth-order valence-electron chi connectivity index (χ4n) is 2.34. The van der Waals surface area contributed by atoms with E-state index in [-0.39, 0.29) is 17.9 Å². The van der Waals surface area contributed by atoms with Crippen LogP contribution < -0.4 is 10.6 Å². The van der Waals surface area contributed by atoms with Crippen LogP contribution in [0, 0.1) is 5.92 Å². The second kappa shape index (κ2) is 6.49. The van der Waals surface area contributed by atoms with Crippen LogP contribution in [0.15, 0.2) is 12.4 Å². The molecule has 100 valence electrons. The first-order valence-electron chi connectivity index (χ1n) is 6.62. The van der Waals surface area contributed by atoms with E-state index >= 15 is 0 Å². The number of piperidine rings is 1. The summed E-state index contributed by atoms with van der Waals surface area (Å²) in [4.78, 5) is 12.0. The van der Waals surface area contributed by atoms with Crippen LogP contribution in [0.3, 0.4) is 0 Å². The number of hydrogen-bond donors (Lipinski definition) is 2. The minimum absolute atomic E-state index is 0.116. The molecule has 1 aliphatic heterocycles. The Morgan fingerprint density at radius 1 is 1.61 bits per heavy atom. The monoisotopic (exact) mass is 251 g/mol. The highest BCUT2D eigenvalue weighted by Gasteiger charge is 2.26. The predicted molar refractivity (Wildman–Crippen MR) is 67.8 cm³/mol. The summed E-state index contributed by atoms with van der Waals surface area (Å²) >= 11 is 0. The Labute approximate surface area is 107 Å². The van der Waals surface area contributed by atoms with Gasteiger partial charge >= 0.3 is 0 Å². The van der Waals surface area contributed by atoms with E-state index in [0.717, 1.165) is 32.4 Å². The first-order valence-corrected chi connectivity index (χ1v) is 6.62. The zero-order valence-corrected chi connectivity index (χ0v) is 10.8. The maximum absolute atomic E-state index is 12.0. The van der Waals surface area contributed by atoms with E-state index in [2.05, 4.69) is 27.9 Å². The van der Waals surface area contributed by atoms with Crippen molar-refractivity contribution in [3.63, 3.8) is 0 Å². The van der Waals surface area contributed by atoms with E-state index in [1.807, 2.05) is 6.20 Å². The SMILES string of the molecule is CC1NCCCC1C(=O)NCCCn1ccnn1. The molecule has 1 amide bonds. The van der Waals surface area contributed by atoms with Gasteiger partial charge in [-0.1, -0.05) is 5.21 Å². The normalized spacial score (nSPS) is 23.8. The molecule has 0 aromatic carbocycles. The van der Waals surface area contributed by atoms with Crippen molar-refractivity contribution in [2.75, 3.05) is 13.1 Å². The van der Waals surface area contributed by atoms with Gasteiger partial charge in [0.25, 0.3) is 0 Å². The molecule has 1 aliphatic rings. The van der Waals surface area contributed by atoms with Crippen LogP contribution in [0.25, 0.3) is 0 Å². The lowest BCUT2D eigenvalue weighted by atomic mass is 9.91. The van der Waals surface area contributed by atoms with Gasteiger partial charge in [0.15, 0.2) is 0 Å². The zero-order chi connectivity index (χ0) is 12.8. The van der Waals surface area contributed by atoms with Crippen molar-refractivity contribution in [3.05, 3.63) is 12.4 Å². The predicted octanol–water partition coefficient (Wildman–Crippen LogP) is 0.173. The number of aryl methyl sites for hydroxylation is 1. The third-order valence-electron chi connectivity index (χ3n) is 3.43. The van der Waals surface area contributed by atoms with Gasteiger partial charge in [0.1, 0.15) is 0 Å². The number of aromatic nitrogens is 3. The van der Waals surface area contributed by atoms with Crippen molar-refractivity contribution in [2.45, 2.75) is 38.8 Å². The van der Waals surface area contributed by atoms with Gasteiger partial charge in [0, 0.05) is 25.3 Å². The van der Waals surface area contributed by atoms with Crippen molar-refractivity contribution in [3.8, 4) is 0 Å². The van der Waals surface area contributed by atoms with Crippen molar-refractivity contribution in [2.24, 2.45) is 5.92 Å². The smallest absolute Gasteiger partial charge is 0.224 e. The molecule has 0 bridgehead atoms. The standard InChI is InChI=1S/C12H21N5O/c1-10-11(4-2-5-13-10)12(18)14-6-3-8-17-9-7-15-16-17/h7,9-11,13H,2-6,8H2,1H3,(H,14,18). The number of hydrogen-bond acceptors (Lipinski definition) is 4. The number of amides is 1. The van der Waals surface area contributed by atoms with Crippen LogP contribution in [0.4, 0.5) is 0 Å². The Hall–Kier alpha value is -1.43. The van der Waals surface area contributed by atoms with Crippen molar-refractivity contribution in [1.82, 2.24) is 25.6 Å². The lowest BCUT2D eigenvalue weighted by Gasteiger charge is -2.28. The quantitative estimate of drug-likeness (QED) is 0.732. The fraction of sp³-hybridized carbons (Fsp3) is 0.750. The summed E-state index contributed by atoms with van der Waals surface area (Å²) in [5.41, 5.74) is 0. The lowest BCUT2D eigenvalue weighted by Crippen LogP contribution is -2.46. The summed E-state index contributed by atoms with van der Waals surface area (Å²) in [5, 5.41) is 14.0. The molecule has 0 saturated carbocycles. The van der Waals surface area contributed by atoms with E-state index in [9.17, 15) is 4.79 Å². The number of carbonyl (C=O) groups is 1. The average Bonchev–Trinajstić information content (AvgIpc) is 2.88. The fourth-order valence-corrected chi connectivity index (χ4v) is 2.34. The van der Waals surface area contributed by atoms with Crippen LogP contribution in [-0.2, 0) is 11.3 Å². The highest BCUT2D eigenvalue weighted by Crippen LogP contribution is 2.16. The van der Waals surface area contributed by atoms with Crippen LogP contribution in [0.5, 0.6) is 0 Å². The molecule has 2 N–H and O–H groups in total. The molecule has 2 rings (SSSR count). The molecule has 0 spiro atoms. The van der Waals surface area contributed by atoms with Crippen molar-refractivity contribution in [1.29, 1.82) is 0 Å². The molecular formula is C12H21N5O. The summed E-state index contributed by atoms with van der Waals surface area (Å²) < 4.78 is 1.77. The second-order valence-electron chi connectivity index (χ2n) is 4.80. The minimum Gasteiger partial charge on any atom is -0.356 e. The third-order valence-corrected chi connectivity index (χ3v) is 3.43. The second-order valence-corrected chi connectivity index (χ2v) is 4.80. The number of carbonyl (C=O) groups excluding carboxylic acids is 1. The summed E-state index contributed by atoms with van der Waals surface area (Å²) in [6.45, 7) is 4.59. The number of nitrogens with zero attached hydrogens (tertiary/aromatic N) is 3. The molecule has 1 aromatic heterocycles. The van der Waals surface area contributed by atoms with Gasteiger partial charge in [-0.15, -0.1) is 5.10 Å². The van der Waals surface area contributed by atoms with Crippen molar-refractivity contribution >= 4 is 5.91 Å². The van der Waals surface area contributed by atoms with E-state index in [1.54, 1.807) is 10.9 Å². The molecule has 0 radical (unpaired) electrons. The first kappa shape index (κ1) is 13.0. The molecular weight excluding hydrogens is 230 g/mol. The molecule has 2 unspecified atom stereocenters. The highest BCUT2D eigenvalue weighted by molar-refractivity contribution is 5.79. The Bertz CT molecular complexity index is 365. The van der Waals surface area contributed by atoms with Gasteiger partial charge in [-0.05, 0) is 32.7 Å². The Kier molecular flexibility index (Phi) is 4.69. The van der Waals surface area contributed by atoms with Gasteiger partial charge in [0.05, 0.1) is 12.1 Å². The maximum atomic E-state index is 12.0. The summed E-state index contributed by atoms with van der Waals surface area (Å²) in [6, 6.07) is 0.286. The number of rotatable bonds is 5. The van der Waals surface area contributed by atoms with E-state index in [4.69, 9.17) is 0 Å². The molecule has 2 heterocycles. The Morgan fingerprint density at radius 2 is 2.50 bits per heavy atom. The van der Waals surface area contributed by atoms with Gasteiger partial charge in [0.2, 0.25) is 5.91 Å². The van der Waals surface area contributed by atoms with Crippen LogP contribution in [0.2, 0.25) is 0 Å². The molecule has 6 heteroatoms. The summed E-state index contributed by atoms with van der Waals surface area (Å²) in [6.07, 6.45) is 6.44. The maximum Gasteiger partial charge on any atom is 0.224 e. The Morgan fingerprint density at radius 3 is 3.22 bits per heavy atom. The van der Waals surface area contributed by atoms with E-state index < -0.39 is 0 Å². The minimum atomic E-state index is 0.116. The van der Waals surface area contributed by atoms with E-state index in [0.29, 0.717) is 6.54 Å². The largest absolute Gasteiger partial charge is 0.356 e. The third kappa shape index (κ3) is 3.53. The number of nitrogens with one attached hydrogen (secondary N) is 2. The van der Waals surface area contributed by atoms with Crippen LogP contribution >= 0.6 is 0 Å².